The number of amides is 2. The van der Waals surface area contributed by atoms with Crippen molar-refractivity contribution in [1.29, 1.82) is 0 Å². The van der Waals surface area contributed by atoms with Crippen molar-refractivity contribution in [2.24, 2.45) is 0 Å². The van der Waals surface area contributed by atoms with E-state index < -0.39 is 16.1 Å². The van der Waals surface area contributed by atoms with Crippen molar-refractivity contribution in [3.8, 4) is 5.75 Å². The summed E-state index contributed by atoms with van der Waals surface area (Å²) in [6.45, 7) is 4.25. The van der Waals surface area contributed by atoms with Crippen molar-refractivity contribution in [2.75, 3.05) is 31.3 Å². The number of benzene rings is 3. The molecule has 3 aromatic rings. The van der Waals surface area contributed by atoms with E-state index in [0.29, 0.717) is 24.3 Å². The molecule has 3 aromatic carbocycles. The molecule has 0 bridgehead atoms. The minimum atomic E-state index is -3.57. The lowest BCUT2D eigenvalue weighted by Crippen LogP contribution is -2.49. The molecule has 0 spiro atoms. The Morgan fingerprint density at radius 1 is 0.925 bits per heavy atom. The molecule has 40 heavy (non-hydrogen) atoms. The monoisotopic (exact) mass is 565 g/mol. The summed E-state index contributed by atoms with van der Waals surface area (Å²) in [4.78, 5) is 28.5. The van der Waals surface area contributed by atoms with E-state index in [9.17, 15) is 18.0 Å². The number of sulfonamides is 1. The van der Waals surface area contributed by atoms with Crippen molar-refractivity contribution in [3.05, 3.63) is 95.1 Å². The lowest BCUT2D eigenvalue weighted by atomic mass is 10.0. The maximum absolute atomic E-state index is 13.8. The van der Waals surface area contributed by atoms with Gasteiger partial charge in [-0.25, -0.2) is 8.42 Å². The zero-order valence-electron chi connectivity index (χ0n) is 23.9. The number of carbonyl (C=O) groups is 2. The molecule has 0 aliphatic heterocycles. The largest absolute Gasteiger partial charge is 0.497 e. The number of hydrogen-bond donors (Lipinski definition) is 1. The highest BCUT2D eigenvalue weighted by atomic mass is 32.2. The molecule has 3 rings (SSSR count). The van der Waals surface area contributed by atoms with Crippen molar-refractivity contribution >= 4 is 27.5 Å². The van der Waals surface area contributed by atoms with Gasteiger partial charge in [0, 0.05) is 33.0 Å². The Balaban J connectivity index is 1.86. The van der Waals surface area contributed by atoms with E-state index in [1.807, 2.05) is 80.6 Å². The van der Waals surface area contributed by atoms with Gasteiger partial charge in [-0.3, -0.25) is 13.9 Å². The summed E-state index contributed by atoms with van der Waals surface area (Å²) in [6.07, 6.45) is 1.87. The maximum atomic E-state index is 13.8. The smallest absolute Gasteiger partial charge is 0.242 e. The Bertz CT molecular complexity index is 1410. The summed E-state index contributed by atoms with van der Waals surface area (Å²) in [5.41, 5.74) is 4.37. The third kappa shape index (κ3) is 8.32. The Labute approximate surface area is 238 Å². The fourth-order valence-corrected chi connectivity index (χ4v) is 5.53. The number of likely N-dealkylation sites (N-methyl/N-ethyl adjacent to an activating group) is 1. The number of methoxy groups -OCH3 is 1. The zero-order valence-corrected chi connectivity index (χ0v) is 24.7. The fraction of sp³-hybridized carbons (Fsp3) is 0.355. The molecule has 0 unspecified atom stereocenters. The molecule has 1 atom stereocenters. The van der Waals surface area contributed by atoms with Crippen molar-refractivity contribution in [3.63, 3.8) is 0 Å². The quantitative estimate of drug-likeness (QED) is 0.334. The van der Waals surface area contributed by atoms with Crippen molar-refractivity contribution < 1.29 is 22.7 Å². The van der Waals surface area contributed by atoms with E-state index in [2.05, 4.69) is 5.32 Å². The average Bonchev–Trinajstić information content (AvgIpc) is 2.94. The molecule has 0 aromatic heterocycles. The van der Waals surface area contributed by atoms with Gasteiger partial charge in [0.05, 0.1) is 19.1 Å². The summed E-state index contributed by atoms with van der Waals surface area (Å²) in [6, 6.07) is 21.7. The number of ether oxygens (including phenoxy) is 1. The first-order valence-electron chi connectivity index (χ1n) is 13.3. The maximum Gasteiger partial charge on any atom is 0.242 e. The normalized spacial score (nSPS) is 11.9. The fourth-order valence-electron chi connectivity index (χ4n) is 4.57. The van der Waals surface area contributed by atoms with Gasteiger partial charge in [-0.15, -0.1) is 0 Å². The summed E-state index contributed by atoms with van der Waals surface area (Å²) < 4.78 is 32.0. The van der Waals surface area contributed by atoms with Crippen LogP contribution in [0, 0.1) is 13.8 Å². The topological polar surface area (TPSA) is 96.0 Å². The van der Waals surface area contributed by atoms with Crippen LogP contribution in [-0.2, 0) is 32.6 Å². The molecular weight excluding hydrogens is 526 g/mol. The molecule has 214 valence electrons. The highest BCUT2D eigenvalue weighted by molar-refractivity contribution is 7.92. The van der Waals surface area contributed by atoms with Crippen LogP contribution in [0.2, 0.25) is 0 Å². The van der Waals surface area contributed by atoms with Crippen LogP contribution in [0.3, 0.4) is 0 Å². The third-order valence-corrected chi connectivity index (χ3v) is 8.13. The minimum Gasteiger partial charge on any atom is -0.497 e. The standard InChI is InChI=1S/C31H39N3O5S/c1-23-16-17-27(19-24(23)2)34(40(5,37)38)18-10-15-30(35)33(22-26-13-9-14-28(20-26)39-4)29(31(36)32-3)21-25-11-7-6-8-12-25/h6-9,11-14,16-17,19-20,29H,10,15,18,21-22H2,1-5H3,(H,32,36)/t29-/m0/s1. The van der Waals surface area contributed by atoms with Gasteiger partial charge in [-0.05, 0) is 66.8 Å². The molecule has 0 aliphatic carbocycles. The first-order valence-corrected chi connectivity index (χ1v) is 15.1. The molecule has 0 fully saturated rings. The van der Waals surface area contributed by atoms with E-state index in [1.165, 1.54) is 10.6 Å². The lowest BCUT2D eigenvalue weighted by Gasteiger charge is -2.31. The van der Waals surface area contributed by atoms with Crippen molar-refractivity contribution in [1.82, 2.24) is 10.2 Å². The molecule has 9 heteroatoms. The van der Waals surface area contributed by atoms with E-state index in [0.717, 1.165) is 22.3 Å². The van der Waals surface area contributed by atoms with Gasteiger partial charge in [0.1, 0.15) is 11.8 Å². The van der Waals surface area contributed by atoms with Crippen LogP contribution in [0.5, 0.6) is 5.75 Å². The Morgan fingerprint density at radius 3 is 2.25 bits per heavy atom. The van der Waals surface area contributed by atoms with Gasteiger partial charge in [-0.2, -0.15) is 0 Å². The zero-order chi connectivity index (χ0) is 29.3. The Kier molecular flexibility index (Phi) is 10.7. The first-order chi connectivity index (χ1) is 19.0. The second-order valence-electron chi connectivity index (χ2n) is 9.90. The minimum absolute atomic E-state index is 0.0725. The second kappa shape index (κ2) is 14.0. The van der Waals surface area contributed by atoms with Gasteiger partial charge in [0.2, 0.25) is 21.8 Å². The molecule has 0 saturated carbocycles. The Morgan fingerprint density at radius 2 is 1.62 bits per heavy atom. The van der Waals surface area contributed by atoms with Crippen LogP contribution in [0.15, 0.2) is 72.8 Å². The number of nitrogens with one attached hydrogen (secondary N) is 1. The highest BCUT2D eigenvalue weighted by Gasteiger charge is 2.30. The Hall–Kier alpha value is -3.85. The molecule has 1 N–H and O–H groups in total. The SMILES string of the molecule is CNC(=O)[C@H](Cc1ccccc1)N(Cc1cccc(OC)c1)C(=O)CCCN(c1ccc(C)c(C)c1)S(C)(=O)=O. The molecule has 0 heterocycles. The first kappa shape index (κ1) is 30.7. The van der Waals surface area contributed by atoms with Gasteiger partial charge < -0.3 is 15.0 Å². The van der Waals surface area contributed by atoms with Crippen LogP contribution in [0.25, 0.3) is 0 Å². The lowest BCUT2D eigenvalue weighted by molar-refractivity contribution is -0.141. The number of hydrogen-bond acceptors (Lipinski definition) is 5. The van der Waals surface area contributed by atoms with E-state index in [1.54, 1.807) is 25.1 Å². The third-order valence-electron chi connectivity index (χ3n) is 6.94. The van der Waals surface area contributed by atoms with E-state index in [4.69, 9.17) is 4.74 Å². The number of rotatable bonds is 13. The van der Waals surface area contributed by atoms with Crippen LogP contribution in [-0.4, -0.2) is 58.1 Å². The van der Waals surface area contributed by atoms with Crippen LogP contribution in [0.4, 0.5) is 5.69 Å². The van der Waals surface area contributed by atoms with Gasteiger partial charge in [0.15, 0.2) is 0 Å². The van der Waals surface area contributed by atoms with E-state index >= 15 is 0 Å². The number of anilines is 1. The molecule has 0 radical (unpaired) electrons. The number of aryl methyl sites for hydroxylation is 2. The van der Waals surface area contributed by atoms with Crippen LogP contribution >= 0.6 is 0 Å². The van der Waals surface area contributed by atoms with Crippen molar-refractivity contribution in [2.45, 2.75) is 45.7 Å². The predicted molar refractivity (Wildman–Crippen MR) is 159 cm³/mol. The summed E-state index contributed by atoms with van der Waals surface area (Å²) in [5.74, 6) is 0.149. The predicted octanol–water partition coefficient (Wildman–Crippen LogP) is 4.24. The summed E-state index contributed by atoms with van der Waals surface area (Å²) in [5, 5.41) is 2.71. The summed E-state index contributed by atoms with van der Waals surface area (Å²) >= 11 is 0. The average molecular weight is 566 g/mol. The second-order valence-corrected chi connectivity index (χ2v) is 11.8. The summed E-state index contributed by atoms with van der Waals surface area (Å²) in [7, 11) is -0.431. The molecule has 0 saturated heterocycles. The number of nitrogens with zero attached hydrogens (tertiary/aromatic N) is 2. The molecule has 8 nitrogen and oxygen atoms in total. The van der Waals surface area contributed by atoms with Gasteiger partial charge in [-0.1, -0.05) is 48.5 Å². The van der Waals surface area contributed by atoms with E-state index in [-0.39, 0.29) is 31.3 Å². The van der Waals surface area contributed by atoms with Gasteiger partial charge >= 0.3 is 0 Å². The van der Waals surface area contributed by atoms with Gasteiger partial charge in [0.25, 0.3) is 0 Å². The molecular formula is C31H39N3O5S. The molecule has 0 aliphatic rings. The highest BCUT2D eigenvalue weighted by Crippen LogP contribution is 2.23. The van der Waals surface area contributed by atoms with Crippen LogP contribution < -0.4 is 14.4 Å². The number of carbonyl (C=O) groups excluding carboxylic acids is 2. The molecule has 2 amide bonds. The van der Waals surface area contributed by atoms with Crippen LogP contribution in [0.1, 0.15) is 35.1 Å².